The minimum Gasteiger partial charge on any atom is -0.348 e. The molecule has 0 heterocycles. The van der Waals surface area contributed by atoms with Crippen molar-refractivity contribution in [2.75, 3.05) is 10.8 Å². The number of anilines is 1. The zero-order chi connectivity index (χ0) is 24.0. The maximum Gasteiger partial charge on any atom is 0.264 e. The van der Waals surface area contributed by atoms with Crippen LogP contribution in [0.4, 0.5) is 5.69 Å². The number of hydrogen-bond donors (Lipinski definition) is 1. The summed E-state index contributed by atoms with van der Waals surface area (Å²) in [5.41, 5.74) is 4.56. The molecule has 3 aromatic rings. The van der Waals surface area contributed by atoms with Crippen LogP contribution < -0.4 is 9.62 Å². The highest BCUT2D eigenvalue weighted by atomic mass is 32.2. The van der Waals surface area contributed by atoms with Crippen molar-refractivity contribution in [1.82, 2.24) is 5.32 Å². The van der Waals surface area contributed by atoms with Crippen LogP contribution in [0.2, 0.25) is 0 Å². The standard InChI is InChI=1S/C27H32N2O3S/c1-5-22-13-15-24(16-14-22)21(4)28-27(30)19-29(26-10-8-7-9-23(26)6-2)33(31,32)25-17-11-20(3)12-18-25/h7-18,21H,5-6,19H2,1-4H3,(H,28,30)/t21-/m1/s1. The molecular weight excluding hydrogens is 432 g/mol. The Kier molecular flexibility index (Phi) is 7.92. The number of benzene rings is 3. The van der Waals surface area contributed by atoms with E-state index in [1.807, 2.05) is 57.2 Å². The van der Waals surface area contributed by atoms with Crippen molar-refractivity contribution in [2.24, 2.45) is 0 Å². The molecule has 0 saturated heterocycles. The molecule has 0 radical (unpaired) electrons. The molecular formula is C27H32N2O3S. The van der Waals surface area contributed by atoms with Gasteiger partial charge in [0.15, 0.2) is 0 Å². The van der Waals surface area contributed by atoms with E-state index < -0.39 is 10.0 Å². The zero-order valence-electron chi connectivity index (χ0n) is 19.7. The first-order valence-electron chi connectivity index (χ1n) is 11.3. The number of rotatable bonds is 9. The number of sulfonamides is 1. The summed E-state index contributed by atoms with van der Waals surface area (Å²) in [6.07, 6.45) is 1.60. The predicted octanol–water partition coefficient (Wildman–Crippen LogP) is 5.19. The molecule has 3 rings (SSSR count). The second-order valence-electron chi connectivity index (χ2n) is 8.19. The number of nitrogens with zero attached hydrogens (tertiary/aromatic N) is 1. The summed E-state index contributed by atoms with van der Waals surface area (Å²) in [4.78, 5) is 13.2. The maximum absolute atomic E-state index is 13.6. The van der Waals surface area contributed by atoms with Crippen LogP contribution in [0.5, 0.6) is 0 Å². The molecule has 0 fully saturated rings. The normalized spacial score (nSPS) is 12.2. The van der Waals surface area contributed by atoms with Gasteiger partial charge in [0.05, 0.1) is 16.6 Å². The lowest BCUT2D eigenvalue weighted by Crippen LogP contribution is -2.42. The van der Waals surface area contributed by atoms with Crippen LogP contribution in [0.1, 0.15) is 49.1 Å². The summed E-state index contributed by atoms with van der Waals surface area (Å²) >= 11 is 0. The van der Waals surface area contributed by atoms with E-state index in [1.165, 1.54) is 9.87 Å². The van der Waals surface area contributed by atoms with E-state index in [1.54, 1.807) is 36.4 Å². The number of aryl methyl sites for hydroxylation is 3. The number of carbonyl (C=O) groups is 1. The van der Waals surface area contributed by atoms with Gasteiger partial charge in [0.2, 0.25) is 5.91 Å². The van der Waals surface area contributed by atoms with Crippen molar-refractivity contribution in [3.63, 3.8) is 0 Å². The number of para-hydroxylation sites is 1. The lowest BCUT2D eigenvalue weighted by Gasteiger charge is -2.27. The van der Waals surface area contributed by atoms with Gasteiger partial charge in [0.25, 0.3) is 10.0 Å². The molecule has 0 bridgehead atoms. The third kappa shape index (κ3) is 5.82. The van der Waals surface area contributed by atoms with Crippen molar-refractivity contribution in [3.8, 4) is 0 Å². The van der Waals surface area contributed by atoms with Crippen LogP contribution in [-0.2, 0) is 27.7 Å². The Morgan fingerprint density at radius 2 is 1.55 bits per heavy atom. The van der Waals surface area contributed by atoms with Gasteiger partial charge in [-0.1, -0.05) is 74.0 Å². The van der Waals surface area contributed by atoms with Crippen molar-refractivity contribution in [2.45, 2.75) is 51.5 Å². The van der Waals surface area contributed by atoms with Crippen LogP contribution in [0, 0.1) is 6.92 Å². The van der Waals surface area contributed by atoms with E-state index in [0.29, 0.717) is 12.1 Å². The molecule has 0 spiro atoms. The highest BCUT2D eigenvalue weighted by molar-refractivity contribution is 7.92. The Morgan fingerprint density at radius 1 is 0.909 bits per heavy atom. The fourth-order valence-corrected chi connectivity index (χ4v) is 5.19. The van der Waals surface area contributed by atoms with E-state index in [0.717, 1.165) is 23.1 Å². The van der Waals surface area contributed by atoms with Crippen LogP contribution in [0.25, 0.3) is 0 Å². The van der Waals surface area contributed by atoms with Gasteiger partial charge in [-0.05, 0) is 61.6 Å². The van der Waals surface area contributed by atoms with Crippen LogP contribution in [0.3, 0.4) is 0 Å². The van der Waals surface area contributed by atoms with Gasteiger partial charge in [-0.25, -0.2) is 8.42 Å². The average molecular weight is 465 g/mol. The molecule has 174 valence electrons. The summed E-state index contributed by atoms with van der Waals surface area (Å²) in [6, 6.07) is 21.9. The van der Waals surface area contributed by atoms with E-state index in [-0.39, 0.29) is 23.4 Å². The fraction of sp³-hybridized carbons (Fsp3) is 0.296. The highest BCUT2D eigenvalue weighted by Crippen LogP contribution is 2.28. The second kappa shape index (κ2) is 10.7. The van der Waals surface area contributed by atoms with Gasteiger partial charge in [0.1, 0.15) is 6.54 Å². The van der Waals surface area contributed by atoms with Crippen molar-refractivity contribution >= 4 is 21.6 Å². The zero-order valence-corrected chi connectivity index (χ0v) is 20.5. The fourth-order valence-electron chi connectivity index (χ4n) is 3.73. The van der Waals surface area contributed by atoms with Gasteiger partial charge in [-0.2, -0.15) is 0 Å². The predicted molar refractivity (Wildman–Crippen MR) is 134 cm³/mol. The van der Waals surface area contributed by atoms with Crippen molar-refractivity contribution in [1.29, 1.82) is 0 Å². The number of amides is 1. The quantitative estimate of drug-likeness (QED) is 0.474. The van der Waals surface area contributed by atoms with Crippen LogP contribution in [0.15, 0.2) is 77.7 Å². The molecule has 33 heavy (non-hydrogen) atoms. The molecule has 0 aliphatic rings. The summed E-state index contributed by atoms with van der Waals surface area (Å²) in [5, 5.41) is 2.96. The topological polar surface area (TPSA) is 66.5 Å². The second-order valence-corrected chi connectivity index (χ2v) is 10.1. The maximum atomic E-state index is 13.6. The number of carbonyl (C=O) groups excluding carboxylic acids is 1. The Bertz CT molecular complexity index is 1190. The molecule has 0 aromatic heterocycles. The lowest BCUT2D eigenvalue weighted by molar-refractivity contribution is -0.120. The third-order valence-electron chi connectivity index (χ3n) is 5.80. The molecule has 6 heteroatoms. The Balaban J connectivity index is 1.90. The first-order chi connectivity index (χ1) is 15.8. The minimum absolute atomic E-state index is 0.162. The van der Waals surface area contributed by atoms with Crippen LogP contribution >= 0.6 is 0 Å². The first-order valence-corrected chi connectivity index (χ1v) is 12.8. The number of nitrogens with one attached hydrogen (secondary N) is 1. The van der Waals surface area contributed by atoms with Crippen molar-refractivity contribution in [3.05, 3.63) is 95.1 Å². The van der Waals surface area contributed by atoms with Crippen LogP contribution in [-0.4, -0.2) is 20.9 Å². The molecule has 1 N–H and O–H groups in total. The SMILES string of the molecule is CCc1ccc([C@@H](C)NC(=O)CN(c2ccccc2CC)S(=O)(=O)c2ccc(C)cc2)cc1. The highest BCUT2D eigenvalue weighted by Gasteiger charge is 2.29. The van der Waals surface area contributed by atoms with E-state index in [4.69, 9.17) is 0 Å². The molecule has 0 aliphatic heterocycles. The minimum atomic E-state index is -3.94. The molecule has 1 atom stereocenters. The van der Waals surface area contributed by atoms with Gasteiger partial charge in [0, 0.05) is 0 Å². The largest absolute Gasteiger partial charge is 0.348 e. The molecule has 0 unspecified atom stereocenters. The third-order valence-corrected chi connectivity index (χ3v) is 7.58. The molecule has 0 aliphatic carbocycles. The summed E-state index contributed by atoms with van der Waals surface area (Å²) in [6.45, 7) is 7.57. The van der Waals surface area contributed by atoms with E-state index >= 15 is 0 Å². The van der Waals surface area contributed by atoms with E-state index in [2.05, 4.69) is 12.2 Å². The van der Waals surface area contributed by atoms with Gasteiger partial charge in [-0.3, -0.25) is 9.10 Å². The Morgan fingerprint density at radius 3 is 2.15 bits per heavy atom. The molecule has 3 aromatic carbocycles. The van der Waals surface area contributed by atoms with E-state index in [9.17, 15) is 13.2 Å². The Hall–Kier alpha value is -3.12. The summed E-state index contributed by atoms with van der Waals surface area (Å²) in [7, 11) is -3.94. The smallest absolute Gasteiger partial charge is 0.264 e. The molecule has 0 saturated carbocycles. The summed E-state index contributed by atoms with van der Waals surface area (Å²) in [5.74, 6) is -0.358. The number of hydrogen-bond acceptors (Lipinski definition) is 3. The van der Waals surface area contributed by atoms with Crippen molar-refractivity contribution < 1.29 is 13.2 Å². The lowest BCUT2D eigenvalue weighted by atomic mass is 10.1. The summed E-state index contributed by atoms with van der Waals surface area (Å²) < 4.78 is 28.5. The first kappa shape index (κ1) is 24.5. The molecule has 1 amide bonds. The van der Waals surface area contributed by atoms with Gasteiger partial charge >= 0.3 is 0 Å². The monoisotopic (exact) mass is 464 g/mol. The Labute approximate surface area is 197 Å². The van der Waals surface area contributed by atoms with Gasteiger partial charge in [-0.15, -0.1) is 0 Å². The van der Waals surface area contributed by atoms with Gasteiger partial charge < -0.3 is 5.32 Å². The molecule has 5 nitrogen and oxygen atoms in total. The average Bonchev–Trinajstić information content (AvgIpc) is 2.82.